The molecule has 0 bridgehead atoms. The minimum atomic E-state index is -0.847. The van der Waals surface area contributed by atoms with Crippen LogP contribution >= 0.6 is 0 Å². The normalized spacial score (nSPS) is 13.0. The van der Waals surface area contributed by atoms with Gasteiger partial charge in [-0.05, 0) is 38.5 Å². The number of amides is 1. The molecule has 4 nitrogen and oxygen atoms in total. The molecule has 0 heterocycles. The first-order valence-corrected chi connectivity index (χ1v) is 19.7. The zero-order valence-corrected chi connectivity index (χ0v) is 29.8. The molecule has 0 saturated heterocycles. The van der Waals surface area contributed by atoms with Crippen molar-refractivity contribution in [3.05, 3.63) is 12.2 Å². The van der Waals surface area contributed by atoms with Gasteiger partial charge in [-0.2, -0.15) is 0 Å². The van der Waals surface area contributed by atoms with Gasteiger partial charge in [0.25, 0.3) is 0 Å². The Kier molecular flexibility index (Phi) is 33.5. The van der Waals surface area contributed by atoms with E-state index in [1.54, 1.807) is 0 Å². The molecule has 4 heteroatoms. The Labute approximate surface area is 275 Å². The average Bonchev–Trinajstić information content (AvgIpc) is 3.00. The molecule has 0 aliphatic heterocycles. The van der Waals surface area contributed by atoms with Crippen LogP contribution in [0.2, 0.25) is 0 Å². The number of aliphatic carboxylic acids is 1. The highest BCUT2D eigenvalue weighted by atomic mass is 16.4. The summed E-state index contributed by atoms with van der Waals surface area (Å²) in [6.45, 7) is 4.54. The van der Waals surface area contributed by atoms with E-state index < -0.39 is 23.7 Å². The van der Waals surface area contributed by atoms with E-state index in [1.165, 1.54) is 167 Å². The van der Waals surface area contributed by atoms with Crippen LogP contribution in [0.1, 0.15) is 219 Å². The minimum Gasteiger partial charge on any atom is -0.481 e. The molecule has 260 valence electrons. The number of hydrogen-bond donors (Lipinski definition) is 2. The first-order chi connectivity index (χ1) is 21.5. The largest absolute Gasteiger partial charge is 0.481 e. The number of nitrogens with two attached hydrogens (primary N) is 1. The minimum absolute atomic E-state index is 0.427. The number of carbonyl (C=O) groups is 2. The quantitative estimate of drug-likeness (QED) is 0.0540. The van der Waals surface area contributed by atoms with Crippen LogP contribution in [0.4, 0.5) is 0 Å². The Morgan fingerprint density at radius 3 is 1.02 bits per heavy atom. The second-order valence-electron chi connectivity index (χ2n) is 13.8. The van der Waals surface area contributed by atoms with Crippen molar-refractivity contribution in [2.45, 2.75) is 219 Å². The van der Waals surface area contributed by atoms with Crippen LogP contribution in [-0.4, -0.2) is 17.0 Å². The van der Waals surface area contributed by atoms with Crippen molar-refractivity contribution >= 4 is 11.9 Å². The molecule has 0 aromatic rings. The van der Waals surface area contributed by atoms with Gasteiger partial charge in [0.1, 0.15) is 0 Å². The van der Waals surface area contributed by atoms with Crippen molar-refractivity contribution in [2.75, 3.05) is 0 Å². The lowest BCUT2D eigenvalue weighted by molar-refractivity contribution is -0.147. The molecule has 0 spiro atoms. The maximum atomic E-state index is 12.2. The van der Waals surface area contributed by atoms with Crippen LogP contribution in [0.3, 0.4) is 0 Å². The molecule has 0 rings (SSSR count). The van der Waals surface area contributed by atoms with E-state index in [2.05, 4.69) is 26.0 Å². The van der Waals surface area contributed by atoms with E-state index in [0.717, 1.165) is 25.7 Å². The molecule has 0 aliphatic rings. The van der Waals surface area contributed by atoms with Crippen LogP contribution in [0.15, 0.2) is 12.2 Å². The summed E-state index contributed by atoms with van der Waals surface area (Å²) in [5.41, 5.74) is 5.70. The van der Waals surface area contributed by atoms with Gasteiger partial charge in [0.15, 0.2) is 0 Å². The molecular weight excluding hydrogens is 542 g/mol. The molecule has 2 atom stereocenters. The summed E-state index contributed by atoms with van der Waals surface area (Å²) in [4.78, 5) is 24.2. The van der Waals surface area contributed by atoms with Gasteiger partial charge in [-0.25, -0.2) is 0 Å². The van der Waals surface area contributed by atoms with Gasteiger partial charge < -0.3 is 10.8 Å². The first-order valence-electron chi connectivity index (χ1n) is 19.7. The molecule has 0 aromatic carbocycles. The maximum absolute atomic E-state index is 12.2. The lowest BCUT2D eigenvalue weighted by atomic mass is 9.83. The third kappa shape index (κ3) is 29.4. The van der Waals surface area contributed by atoms with Crippen LogP contribution < -0.4 is 5.73 Å². The Balaban J connectivity index is 3.78. The van der Waals surface area contributed by atoms with Gasteiger partial charge in [-0.1, -0.05) is 193 Å². The first kappa shape index (κ1) is 42.7. The fourth-order valence-electron chi connectivity index (χ4n) is 6.56. The topological polar surface area (TPSA) is 80.4 Å². The number of carboxylic acids is 1. The Morgan fingerprint density at radius 1 is 0.455 bits per heavy atom. The van der Waals surface area contributed by atoms with Crippen LogP contribution in [0, 0.1) is 11.8 Å². The zero-order valence-electron chi connectivity index (χ0n) is 29.8. The molecule has 0 saturated carbocycles. The second-order valence-corrected chi connectivity index (χ2v) is 13.8. The summed E-state index contributed by atoms with van der Waals surface area (Å²) in [6, 6.07) is 0. The van der Waals surface area contributed by atoms with Gasteiger partial charge in [-0.15, -0.1) is 0 Å². The number of carbonyl (C=O) groups excluding carboxylic acids is 1. The number of rotatable bonds is 36. The third-order valence-corrected chi connectivity index (χ3v) is 9.56. The van der Waals surface area contributed by atoms with Gasteiger partial charge in [0.2, 0.25) is 5.91 Å². The van der Waals surface area contributed by atoms with Crippen LogP contribution in [0.5, 0.6) is 0 Å². The molecule has 1 amide bonds. The number of carboxylic acid groups (broad SMARTS) is 1. The van der Waals surface area contributed by atoms with Crippen molar-refractivity contribution in [1.82, 2.24) is 0 Å². The zero-order chi connectivity index (χ0) is 32.4. The van der Waals surface area contributed by atoms with E-state index >= 15 is 0 Å². The smallest absolute Gasteiger partial charge is 0.307 e. The predicted octanol–water partition coefficient (Wildman–Crippen LogP) is 12.9. The number of primary amides is 1. The summed E-state index contributed by atoms with van der Waals surface area (Å²) < 4.78 is 0. The van der Waals surface area contributed by atoms with Gasteiger partial charge in [-0.3, -0.25) is 9.59 Å². The van der Waals surface area contributed by atoms with E-state index in [-0.39, 0.29) is 0 Å². The van der Waals surface area contributed by atoms with Crippen LogP contribution in [-0.2, 0) is 9.59 Å². The summed E-state index contributed by atoms with van der Waals surface area (Å²) in [5.74, 6) is -2.42. The standard InChI is InChI=1S/C40H77NO3/c1-3-5-7-9-11-13-15-17-19-20-21-22-24-25-27-29-31-33-35-37(39(41)42)38(40(43)44)36-34-32-30-28-26-23-18-16-14-12-10-8-6-4-2/h17,19,37-38H,3-16,18,20-36H2,1-2H3,(H2,41,42)(H,43,44)/b19-17-. The lowest BCUT2D eigenvalue weighted by Gasteiger charge is -2.21. The number of allylic oxidation sites excluding steroid dienone is 2. The average molecular weight is 620 g/mol. The maximum Gasteiger partial charge on any atom is 0.307 e. The number of unbranched alkanes of at least 4 members (excludes halogenated alkanes) is 27. The van der Waals surface area contributed by atoms with E-state index in [1.807, 2.05) is 0 Å². The van der Waals surface area contributed by atoms with Crippen molar-refractivity contribution < 1.29 is 14.7 Å². The van der Waals surface area contributed by atoms with Gasteiger partial charge in [0, 0.05) is 0 Å². The van der Waals surface area contributed by atoms with E-state index in [4.69, 9.17) is 5.73 Å². The molecule has 0 aliphatic carbocycles. The summed E-state index contributed by atoms with van der Waals surface area (Å²) in [5, 5.41) is 9.84. The second kappa shape index (κ2) is 34.6. The molecule has 2 unspecified atom stereocenters. The Morgan fingerprint density at radius 2 is 0.727 bits per heavy atom. The third-order valence-electron chi connectivity index (χ3n) is 9.56. The highest BCUT2D eigenvalue weighted by molar-refractivity contribution is 5.83. The fraction of sp³-hybridized carbons (Fsp3) is 0.900. The highest BCUT2D eigenvalue weighted by Gasteiger charge is 2.31. The van der Waals surface area contributed by atoms with E-state index in [0.29, 0.717) is 12.8 Å². The van der Waals surface area contributed by atoms with Crippen molar-refractivity contribution in [3.63, 3.8) is 0 Å². The number of hydrogen-bond acceptors (Lipinski definition) is 2. The molecule has 0 fully saturated rings. The summed E-state index contributed by atoms with van der Waals surface area (Å²) in [6.07, 6.45) is 44.2. The van der Waals surface area contributed by atoms with E-state index in [9.17, 15) is 14.7 Å². The van der Waals surface area contributed by atoms with Crippen molar-refractivity contribution in [3.8, 4) is 0 Å². The lowest BCUT2D eigenvalue weighted by Crippen LogP contribution is -2.34. The highest BCUT2D eigenvalue weighted by Crippen LogP contribution is 2.26. The molecule has 3 N–H and O–H groups in total. The molecule has 0 aromatic heterocycles. The van der Waals surface area contributed by atoms with Crippen LogP contribution in [0.25, 0.3) is 0 Å². The molecule has 0 radical (unpaired) electrons. The Bertz CT molecular complexity index is 647. The SMILES string of the molecule is CCCCCCCC/C=C\CCCCCCCCCCC(C(N)=O)C(CCCCCCCCCCCCCCCC)C(=O)O. The summed E-state index contributed by atoms with van der Waals surface area (Å²) in [7, 11) is 0. The monoisotopic (exact) mass is 620 g/mol. The van der Waals surface area contributed by atoms with Gasteiger partial charge in [0.05, 0.1) is 11.8 Å². The predicted molar refractivity (Wildman–Crippen MR) is 192 cm³/mol. The van der Waals surface area contributed by atoms with Crippen molar-refractivity contribution in [1.29, 1.82) is 0 Å². The fourth-order valence-corrected chi connectivity index (χ4v) is 6.56. The molecule has 44 heavy (non-hydrogen) atoms. The summed E-state index contributed by atoms with van der Waals surface area (Å²) >= 11 is 0. The van der Waals surface area contributed by atoms with Crippen molar-refractivity contribution in [2.24, 2.45) is 17.6 Å². The Hall–Kier alpha value is -1.32. The molecular formula is C40H77NO3. The van der Waals surface area contributed by atoms with Gasteiger partial charge >= 0.3 is 5.97 Å².